The van der Waals surface area contributed by atoms with Crippen molar-refractivity contribution in [3.63, 3.8) is 0 Å². The molecule has 0 aliphatic heterocycles. The van der Waals surface area contributed by atoms with Gasteiger partial charge in [0.15, 0.2) is 0 Å². The molecule has 0 amide bonds. The average Bonchev–Trinajstić information content (AvgIpc) is 2.69. The average molecular weight is 328 g/mol. The molecule has 120 valence electrons. The van der Waals surface area contributed by atoms with Crippen molar-refractivity contribution in [2.45, 2.75) is 0 Å². The molecule has 0 N–H and O–H groups in total. The molecule has 0 unspecified atom stereocenters. The van der Waals surface area contributed by atoms with E-state index in [1.807, 2.05) is 0 Å². The molecule has 0 radical (unpaired) electrons. The molecule has 0 saturated heterocycles. The van der Waals surface area contributed by atoms with Crippen LogP contribution < -0.4 is 0 Å². The zero-order chi connectivity index (χ0) is 17.1. The molecule has 6 rings (SSSR count). The van der Waals surface area contributed by atoms with Crippen LogP contribution in [-0.2, 0) is 0 Å². The van der Waals surface area contributed by atoms with Gasteiger partial charge in [0.25, 0.3) is 0 Å². The first kappa shape index (κ1) is 13.9. The van der Waals surface area contributed by atoms with Crippen LogP contribution in [0.25, 0.3) is 44.8 Å². The van der Waals surface area contributed by atoms with E-state index >= 15 is 0 Å². The molecule has 0 atom stereocenters. The predicted molar refractivity (Wildman–Crippen MR) is 112 cm³/mol. The van der Waals surface area contributed by atoms with Crippen LogP contribution in [0.3, 0.4) is 0 Å². The second-order valence-corrected chi connectivity index (χ2v) is 7.07. The van der Waals surface area contributed by atoms with Gasteiger partial charge in [0.05, 0.1) is 10.9 Å². The molecule has 0 fully saturated rings. The summed E-state index contributed by atoms with van der Waals surface area (Å²) in [5.41, 5.74) is 7.79. The quantitative estimate of drug-likeness (QED) is 0.336. The maximum absolute atomic E-state index is 2.33. The van der Waals surface area contributed by atoms with E-state index in [-0.39, 0.29) is 0 Å². The highest BCUT2D eigenvalue weighted by atomic mass is 14.2. The first-order chi connectivity index (χ1) is 12.9. The van der Waals surface area contributed by atoms with Crippen molar-refractivity contribution < 1.29 is 0 Å². The Bertz CT molecular complexity index is 1170. The molecule has 0 bridgehead atoms. The molecule has 0 heterocycles. The van der Waals surface area contributed by atoms with E-state index < -0.39 is 0 Å². The lowest BCUT2D eigenvalue weighted by atomic mass is 9.87. The minimum atomic E-state index is 1.28. The molecule has 0 saturated carbocycles. The molecule has 2 aliphatic carbocycles. The third-order valence-electron chi connectivity index (χ3n) is 5.52. The molecule has 2 aliphatic rings. The van der Waals surface area contributed by atoms with Crippen LogP contribution in [0.4, 0.5) is 0 Å². The van der Waals surface area contributed by atoms with Gasteiger partial charge in [0.1, 0.15) is 5.56 Å². The Kier molecular flexibility index (Phi) is 2.70. The second kappa shape index (κ2) is 5.06. The van der Waals surface area contributed by atoms with Gasteiger partial charge < -0.3 is 0 Å². The third-order valence-corrected chi connectivity index (χ3v) is 5.52. The molecule has 0 aromatic heterocycles. The predicted octanol–water partition coefficient (Wildman–Crippen LogP) is 6.82. The van der Waals surface area contributed by atoms with Crippen LogP contribution in [-0.4, -0.2) is 0 Å². The van der Waals surface area contributed by atoms with Gasteiger partial charge in [-0.2, -0.15) is 0 Å². The van der Waals surface area contributed by atoms with E-state index in [1.165, 1.54) is 54.9 Å². The molecular weight excluding hydrogens is 312 g/mol. The molecular formula is C26H16. The van der Waals surface area contributed by atoms with Gasteiger partial charge in [-0.3, -0.25) is 0 Å². The smallest absolute Gasteiger partial charge is 0.105 e. The lowest BCUT2D eigenvalue weighted by molar-refractivity contribution is 1.52. The molecule has 0 spiro atoms. The van der Waals surface area contributed by atoms with Crippen LogP contribution >= 0.6 is 0 Å². The third kappa shape index (κ3) is 1.90. The van der Waals surface area contributed by atoms with Gasteiger partial charge in [-0.1, -0.05) is 34.5 Å². The second-order valence-electron chi connectivity index (χ2n) is 7.07. The molecule has 26 heavy (non-hydrogen) atoms. The number of rotatable bonds is 1. The van der Waals surface area contributed by atoms with Crippen molar-refractivity contribution in [1.82, 2.24) is 0 Å². The fourth-order valence-electron chi connectivity index (χ4n) is 4.37. The van der Waals surface area contributed by atoms with Gasteiger partial charge in [0, 0.05) is 30.0 Å². The minimum Gasteiger partial charge on any atom is -0.145 e. The van der Waals surface area contributed by atoms with E-state index in [4.69, 9.17) is 0 Å². The topological polar surface area (TPSA) is 0 Å². The summed E-state index contributed by atoms with van der Waals surface area (Å²) >= 11 is 0. The monoisotopic (exact) mass is 328 g/mol. The Morgan fingerprint density at radius 2 is 1.42 bits per heavy atom. The largest absolute Gasteiger partial charge is 0.145 e. The molecule has 4 aromatic carbocycles. The Balaban J connectivity index is 1.65. The van der Waals surface area contributed by atoms with Crippen LogP contribution in [0.15, 0.2) is 72.8 Å². The summed E-state index contributed by atoms with van der Waals surface area (Å²) in [4.78, 5) is 0. The standard InChI is InChI=1S/C26H16/c1-5-17-6-2-10-20-14-23(13-19(9-1)25(17)20)24-15-21-11-3-7-18-8-4-12-22(16-24)26(18)21/h1-16H. The highest BCUT2D eigenvalue weighted by molar-refractivity contribution is 6.02. The summed E-state index contributed by atoms with van der Waals surface area (Å²) in [5.74, 6) is 0. The van der Waals surface area contributed by atoms with Crippen molar-refractivity contribution >= 4 is 33.7 Å². The molecule has 0 nitrogen and oxygen atoms in total. The highest BCUT2D eigenvalue weighted by Gasteiger charge is 2.17. The lowest BCUT2D eigenvalue weighted by Crippen LogP contribution is -1.94. The van der Waals surface area contributed by atoms with Gasteiger partial charge in [-0.25, -0.2) is 0 Å². The molecule has 0 heteroatoms. The first-order valence-electron chi connectivity index (χ1n) is 9.04. The zero-order valence-corrected chi connectivity index (χ0v) is 14.2. The van der Waals surface area contributed by atoms with E-state index in [0.717, 1.165) is 0 Å². The number of benzene rings is 4. The Morgan fingerprint density at radius 3 is 2.27 bits per heavy atom. The SMILES string of the molecule is C1=Cc2cc(-c3cc4c5c(cccc5c3)[CH-]C=C4)cc3cccc(c23)[CH+]1. The fourth-order valence-corrected chi connectivity index (χ4v) is 4.37. The number of hydrogen-bond acceptors (Lipinski definition) is 0. The summed E-state index contributed by atoms with van der Waals surface area (Å²) in [6.07, 6.45) is 13.1. The maximum Gasteiger partial charge on any atom is 0.105 e. The van der Waals surface area contributed by atoms with Crippen molar-refractivity contribution in [2.75, 3.05) is 0 Å². The van der Waals surface area contributed by atoms with Crippen LogP contribution in [0.5, 0.6) is 0 Å². The van der Waals surface area contributed by atoms with E-state index in [9.17, 15) is 0 Å². The Hall–Kier alpha value is -3.38. The van der Waals surface area contributed by atoms with E-state index in [2.05, 4.69) is 97.8 Å². The Morgan fingerprint density at radius 1 is 0.692 bits per heavy atom. The van der Waals surface area contributed by atoms with Gasteiger partial charge >= 0.3 is 0 Å². The summed E-state index contributed by atoms with van der Waals surface area (Å²) in [6, 6.07) is 22.4. The van der Waals surface area contributed by atoms with Crippen LogP contribution in [0.1, 0.15) is 22.3 Å². The van der Waals surface area contributed by atoms with Gasteiger partial charge in [-0.15, -0.1) is 36.3 Å². The molecule has 4 aromatic rings. The summed E-state index contributed by atoms with van der Waals surface area (Å²) in [5, 5.41) is 5.33. The summed E-state index contributed by atoms with van der Waals surface area (Å²) in [6.45, 7) is 0. The first-order valence-corrected chi connectivity index (χ1v) is 9.04. The minimum absolute atomic E-state index is 1.28. The number of allylic oxidation sites excluding steroid dienone is 2. The van der Waals surface area contributed by atoms with Crippen LogP contribution in [0.2, 0.25) is 0 Å². The number of hydrogen-bond donors (Lipinski definition) is 0. The lowest BCUT2D eigenvalue weighted by Gasteiger charge is -2.21. The van der Waals surface area contributed by atoms with E-state index in [1.54, 1.807) is 0 Å². The maximum atomic E-state index is 2.33. The summed E-state index contributed by atoms with van der Waals surface area (Å²) < 4.78 is 0. The Labute approximate surface area is 153 Å². The van der Waals surface area contributed by atoms with Crippen molar-refractivity contribution in [2.24, 2.45) is 0 Å². The van der Waals surface area contributed by atoms with Crippen LogP contribution in [0, 0.1) is 12.8 Å². The highest BCUT2D eigenvalue weighted by Crippen LogP contribution is 2.37. The van der Waals surface area contributed by atoms with Gasteiger partial charge in [0.2, 0.25) is 0 Å². The van der Waals surface area contributed by atoms with Crippen molar-refractivity contribution in [1.29, 1.82) is 0 Å². The summed E-state index contributed by atoms with van der Waals surface area (Å²) in [7, 11) is 0. The van der Waals surface area contributed by atoms with Gasteiger partial charge in [-0.05, 0) is 35.4 Å². The fraction of sp³-hybridized carbons (Fsp3) is 0. The van der Waals surface area contributed by atoms with Crippen molar-refractivity contribution in [3.8, 4) is 11.1 Å². The van der Waals surface area contributed by atoms with Crippen molar-refractivity contribution in [3.05, 3.63) is 108 Å². The zero-order valence-electron chi connectivity index (χ0n) is 14.2. The normalized spacial score (nSPS) is 13.7. The van der Waals surface area contributed by atoms with E-state index in [0.29, 0.717) is 0 Å².